The number of para-hydroxylation sites is 1. The summed E-state index contributed by atoms with van der Waals surface area (Å²) in [5, 5.41) is 4.88. The van der Waals surface area contributed by atoms with Crippen LogP contribution in [-0.4, -0.2) is 0 Å². The highest BCUT2D eigenvalue weighted by Crippen LogP contribution is 2.58. The molecule has 0 unspecified atom stereocenters. The Morgan fingerprint density at radius 2 is 0.978 bits per heavy atom. The van der Waals surface area contributed by atoms with E-state index in [9.17, 15) is 0 Å². The van der Waals surface area contributed by atoms with Crippen LogP contribution in [0, 0.1) is 0 Å². The van der Waals surface area contributed by atoms with Crippen molar-refractivity contribution in [3.05, 3.63) is 192 Å². The van der Waals surface area contributed by atoms with Gasteiger partial charge in [-0.25, -0.2) is 0 Å². The molecule has 2 aliphatic rings. The number of fused-ring (bicyclic) bond motifs is 6. The first kappa shape index (κ1) is 25.4. The molecule has 1 heteroatoms. The van der Waals surface area contributed by atoms with Gasteiger partial charge < -0.3 is 4.74 Å². The fourth-order valence-corrected chi connectivity index (χ4v) is 8.11. The molecule has 8 aromatic carbocycles. The van der Waals surface area contributed by atoms with Gasteiger partial charge in [0.25, 0.3) is 0 Å². The SMILES string of the molecule is c1ccc(C2(c3ccccc3)c3cc(-c4cc5c6c(cccc6c4)Oc4ccccc4-5)ccc3-c3cc4ccccc4cc32)cc1. The van der Waals surface area contributed by atoms with Crippen LogP contribution in [0.15, 0.2) is 170 Å². The van der Waals surface area contributed by atoms with Crippen molar-refractivity contribution in [3.63, 3.8) is 0 Å². The van der Waals surface area contributed by atoms with Gasteiger partial charge in [0.15, 0.2) is 0 Å². The van der Waals surface area contributed by atoms with Crippen LogP contribution in [0.3, 0.4) is 0 Å². The standard InChI is InChI=1S/C45H28O/c1-3-15-34(16-4-1)45(35-17-5-2-6-18-35)40-28-31(22-23-36(40)38-25-29-12-7-8-13-30(29)27-41(38)45)33-24-32-14-11-21-43-44(32)39(26-33)37-19-9-10-20-42(37)46-43/h1-28H. The fourth-order valence-electron chi connectivity index (χ4n) is 8.11. The number of benzene rings is 8. The van der Waals surface area contributed by atoms with Crippen LogP contribution < -0.4 is 4.74 Å². The van der Waals surface area contributed by atoms with Crippen LogP contribution in [0.2, 0.25) is 0 Å². The molecule has 1 heterocycles. The molecule has 10 rings (SSSR count). The molecule has 0 N–H and O–H groups in total. The van der Waals surface area contributed by atoms with Gasteiger partial charge in [0.05, 0.1) is 5.41 Å². The smallest absolute Gasteiger partial charge is 0.135 e. The third kappa shape index (κ3) is 3.46. The van der Waals surface area contributed by atoms with Crippen LogP contribution in [-0.2, 0) is 5.41 Å². The Morgan fingerprint density at radius 1 is 0.348 bits per heavy atom. The summed E-state index contributed by atoms with van der Waals surface area (Å²) >= 11 is 0. The lowest BCUT2D eigenvalue weighted by molar-refractivity contribution is 0.487. The molecule has 0 aromatic heterocycles. The molecule has 1 nitrogen and oxygen atoms in total. The van der Waals surface area contributed by atoms with Crippen molar-refractivity contribution >= 4 is 21.5 Å². The van der Waals surface area contributed by atoms with E-state index in [4.69, 9.17) is 4.74 Å². The monoisotopic (exact) mass is 584 g/mol. The Bertz CT molecular complexity index is 2450. The van der Waals surface area contributed by atoms with Gasteiger partial charge in [-0.05, 0) is 109 Å². The van der Waals surface area contributed by atoms with Gasteiger partial charge in [0, 0.05) is 10.9 Å². The maximum atomic E-state index is 6.35. The van der Waals surface area contributed by atoms with E-state index < -0.39 is 5.41 Å². The quantitative estimate of drug-likeness (QED) is 0.201. The minimum atomic E-state index is -0.466. The van der Waals surface area contributed by atoms with Crippen LogP contribution in [0.1, 0.15) is 22.3 Å². The largest absolute Gasteiger partial charge is 0.456 e. The van der Waals surface area contributed by atoms with E-state index in [0.29, 0.717) is 0 Å². The molecule has 0 fully saturated rings. The lowest BCUT2D eigenvalue weighted by Gasteiger charge is -2.34. The minimum Gasteiger partial charge on any atom is -0.456 e. The second-order valence-corrected chi connectivity index (χ2v) is 12.5. The van der Waals surface area contributed by atoms with Gasteiger partial charge in [0.1, 0.15) is 11.5 Å². The van der Waals surface area contributed by atoms with Crippen molar-refractivity contribution < 1.29 is 4.74 Å². The molecule has 0 bridgehead atoms. The van der Waals surface area contributed by atoms with Gasteiger partial charge in [-0.2, -0.15) is 0 Å². The van der Waals surface area contributed by atoms with Gasteiger partial charge in [-0.15, -0.1) is 0 Å². The lowest BCUT2D eigenvalue weighted by Crippen LogP contribution is -2.28. The number of hydrogen-bond donors (Lipinski definition) is 0. The Morgan fingerprint density at radius 3 is 1.76 bits per heavy atom. The summed E-state index contributed by atoms with van der Waals surface area (Å²) in [6.45, 7) is 0. The van der Waals surface area contributed by atoms with E-state index >= 15 is 0 Å². The number of hydrogen-bond acceptors (Lipinski definition) is 1. The van der Waals surface area contributed by atoms with E-state index in [1.807, 2.05) is 6.07 Å². The zero-order chi connectivity index (χ0) is 30.2. The first-order valence-electron chi connectivity index (χ1n) is 15.9. The van der Waals surface area contributed by atoms with Crippen molar-refractivity contribution in [1.29, 1.82) is 0 Å². The first-order valence-corrected chi connectivity index (χ1v) is 15.9. The molecule has 0 saturated carbocycles. The van der Waals surface area contributed by atoms with Gasteiger partial charge in [0.2, 0.25) is 0 Å². The third-order valence-electron chi connectivity index (χ3n) is 10.1. The molecule has 1 aliphatic heterocycles. The van der Waals surface area contributed by atoms with Crippen LogP contribution in [0.5, 0.6) is 11.5 Å². The summed E-state index contributed by atoms with van der Waals surface area (Å²) in [5.74, 6) is 1.82. The van der Waals surface area contributed by atoms with Crippen molar-refractivity contribution in [2.75, 3.05) is 0 Å². The Hall–Kier alpha value is -5.92. The Kier molecular flexibility index (Phi) is 5.27. The fraction of sp³-hybridized carbons (Fsp3) is 0.0222. The molecular formula is C45H28O. The second-order valence-electron chi connectivity index (χ2n) is 12.5. The summed E-state index contributed by atoms with van der Waals surface area (Å²) in [4.78, 5) is 0. The van der Waals surface area contributed by atoms with Crippen molar-refractivity contribution in [3.8, 4) is 44.9 Å². The third-order valence-corrected chi connectivity index (χ3v) is 10.1. The van der Waals surface area contributed by atoms with E-state index in [-0.39, 0.29) is 0 Å². The molecule has 0 atom stereocenters. The first-order chi connectivity index (χ1) is 22.8. The average Bonchev–Trinajstić information content (AvgIpc) is 3.40. The normalized spacial score (nSPS) is 13.6. The highest BCUT2D eigenvalue weighted by atomic mass is 16.5. The zero-order valence-corrected chi connectivity index (χ0v) is 25.1. The summed E-state index contributed by atoms with van der Waals surface area (Å²) in [6, 6.07) is 62.3. The highest BCUT2D eigenvalue weighted by Gasteiger charge is 2.46. The molecule has 0 radical (unpaired) electrons. The molecule has 0 amide bonds. The number of ether oxygens (including phenoxy) is 1. The maximum Gasteiger partial charge on any atom is 0.135 e. The zero-order valence-electron chi connectivity index (χ0n) is 25.1. The lowest BCUT2D eigenvalue weighted by atomic mass is 9.67. The second kappa shape index (κ2) is 9.54. The van der Waals surface area contributed by atoms with Crippen LogP contribution >= 0.6 is 0 Å². The predicted molar refractivity (Wildman–Crippen MR) is 190 cm³/mol. The Balaban J connectivity index is 1.29. The molecule has 1 aliphatic carbocycles. The molecular weight excluding hydrogens is 556 g/mol. The van der Waals surface area contributed by atoms with Crippen LogP contribution in [0.4, 0.5) is 0 Å². The minimum absolute atomic E-state index is 0.466. The van der Waals surface area contributed by atoms with Crippen molar-refractivity contribution in [2.24, 2.45) is 0 Å². The molecule has 46 heavy (non-hydrogen) atoms. The molecule has 8 aromatic rings. The molecule has 214 valence electrons. The van der Waals surface area contributed by atoms with E-state index in [2.05, 4.69) is 164 Å². The van der Waals surface area contributed by atoms with Gasteiger partial charge >= 0.3 is 0 Å². The molecule has 0 spiro atoms. The topological polar surface area (TPSA) is 9.23 Å². The number of rotatable bonds is 3. The highest BCUT2D eigenvalue weighted by molar-refractivity contribution is 6.06. The average molecular weight is 585 g/mol. The summed E-state index contributed by atoms with van der Waals surface area (Å²) < 4.78 is 6.35. The van der Waals surface area contributed by atoms with E-state index in [0.717, 1.165) is 17.1 Å². The van der Waals surface area contributed by atoms with Crippen LogP contribution in [0.25, 0.3) is 54.9 Å². The summed E-state index contributed by atoms with van der Waals surface area (Å²) in [5.41, 5.74) is 12.1. The summed E-state index contributed by atoms with van der Waals surface area (Å²) in [7, 11) is 0. The summed E-state index contributed by atoms with van der Waals surface area (Å²) in [6.07, 6.45) is 0. The van der Waals surface area contributed by atoms with Gasteiger partial charge in [-0.1, -0.05) is 127 Å². The van der Waals surface area contributed by atoms with Gasteiger partial charge in [-0.3, -0.25) is 0 Å². The predicted octanol–water partition coefficient (Wildman–Crippen LogP) is 11.8. The Labute approximate surface area is 268 Å². The maximum absolute atomic E-state index is 6.35. The van der Waals surface area contributed by atoms with E-state index in [1.165, 1.54) is 71.6 Å². The van der Waals surface area contributed by atoms with Crippen molar-refractivity contribution in [1.82, 2.24) is 0 Å². The van der Waals surface area contributed by atoms with Crippen molar-refractivity contribution in [2.45, 2.75) is 5.41 Å². The van der Waals surface area contributed by atoms with E-state index in [1.54, 1.807) is 0 Å². The molecule has 0 saturated heterocycles.